The zero-order valence-electron chi connectivity index (χ0n) is 13.1. The third-order valence-corrected chi connectivity index (χ3v) is 3.88. The Hall–Kier alpha value is -1.55. The van der Waals surface area contributed by atoms with Crippen LogP contribution >= 0.6 is 0 Å². The van der Waals surface area contributed by atoms with E-state index < -0.39 is 0 Å². The maximum atomic E-state index is 12.1. The van der Waals surface area contributed by atoms with Gasteiger partial charge in [-0.1, -0.05) is 32.9 Å². The standard InChI is InChI=1S/C17H25NO3/c1-17(2,3)13-5-4-6-15(11-13)21-12-16(20)18-9-7-14(19)8-10-18/h4-6,11,14,19H,7-10,12H2,1-3H3. The van der Waals surface area contributed by atoms with Crippen LogP contribution in [0.15, 0.2) is 24.3 Å². The number of aliphatic hydroxyl groups is 1. The molecule has 1 saturated heterocycles. The molecule has 1 fully saturated rings. The summed E-state index contributed by atoms with van der Waals surface area (Å²) in [5.41, 5.74) is 1.25. The van der Waals surface area contributed by atoms with Crippen molar-refractivity contribution in [2.45, 2.75) is 45.1 Å². The molecule has 116 valence electrons. The number of amides is 1. The number of benzene rings is 1. The zero-order chi connectivity index (χ0) is 15.5. The second-order valence-electron chi connectivity index (χ2n) is 6.68. The molecule has 21 heavy (non-hydrogen) atoms. The molecule has 0 radical (unpaired) electrons. The summed E-state index contributed by atoms with van der Waals surface area (Å²) in [6, 6.07) is 7.90. The fourth-order valence-corrected chi connectivity index (χ4v) is 2.40. The van der Waals surface area contributed by atoms with Crippen molar-refractivity contribution in [3.05, 3.63) is 29.8 Å². The normalized spacial score (nSPS) is 16.9. The smallest absolute Gasteiger partial charge is 0.260 e. The van der Waals surface area contributed by atoms with Gasteiger partial charge >= 0.3 is 0 Å². The fourth-order valence-electron chi connectivity index (χ4n) is 2.40. The lowest BCUT2D eigenvalue weighted by atomic mass is 9.87. The number of nitrogens with zero attached hydrogens (tertiary/aromatic N) is 1. The second-order valence-corrected chi connectivity index (χ2v) is 6.68. The molecule has 1 aromatic carbocycles. The Balaban J connectivity index is 1.89. The number of hydrogen-bond acceptors (Lipinski definition) is 3. The van der Waals surface area contributed by atoms with Gasteiger partial charge in [0.1, 0.15) is 5.75 Å². The highest BCUT2D eigenvalue weighted by Gasteiger charge is 2.21. The van der Waals surface area contributed by atoms with E-state index in [1.165, 1.54) is 5.56 Å². The van der Waals surface area contributed by atoms with Gasteiger partial charge in [-0.2, -0.15) is 0 Å². The van der Waals surface area contributed by atoms with Crippen molar-refractivity contribution in [3.8, 4) is 5.75 Å². The predicted octanol–water partition coefficient (Wildman–Crippen LogP) is 2.35. The zero-order valence-corrected chi connectivity index (χ0v) is 13.1. The number of piperidine rings is 1. The predicted molar refractivity (Wildman–Crippen MR) is 82.5 cm³/mol. The summed E-state index contributed by atoms with van der Waals surface area (Å²) >= 11 is 0. The molecule has 0 aliphatic carbocycles. The van der Waals surface area contributed by atoms with E-state index in [9.17, 15) is 9.90 Å². The molecule has 0 spiro atoms. The van der Waals surface area contributed by atoms with Gasteiger partial charge in [0.05, 0.1) is 6.10 Å². The molecule has 1 heterocycles. The van der Waals surface area contributed by atoms with Crippen LogP contribution in [0, 0.1) is 0 Å². The van der Waals surface area contributed by atoms with Crippen LogP contribution in [0.25, 0.3) is 0 Å². The largest absolute Gasteiger partial charge is 0.484 e. The van der Waals surface area contributed by atoms with Gasteiger partial charge < -0.3 is 14.7 Å². The number of aliphatic hydroxyl groups excluding tert-OH is 1. The Bertz CT molecular complexity index is 485. The minimum Gasteiger partial charge on any atom is -0.484 e. The van der Waals surface area contributed by atoms with Gasteiger partial charge in [0.15, 0.2) is 6.61 Å². The highest BCUT2D eigenvalue weighted by Crippen LogP contribution is 2.25. The molecule has 1 aromatic rings. The average Bonchev–Trinajstić information content (AvgIpc) is 2.45. The number of ether oxygens (including phenoxy) is 1. The third-order valence-electron chi connectivity index (χ3n) is 3.88. The first-order valence-electron chi connectivity index (χ1n) is 7.55. The molecule has 0 saturated carbocycles. The average molecular weight is 291 g/mol. The molecule has 0 bridgehead atoms. The van der Waals surface area contributed by atoms with E-state index in [1.807, 2.05) is 18.2 Å². The van der Waals surface area contributed by atoms with Gasteiger partial charge in [-0.25, -0.2) is 0 Å². The van der Waals surface area contributed by atoms with Gasteiger partial charge in [0.2, 0.25) is 0 Å². The Labute approximate surface area is 126 Å². The maximum absolute atomic E-state index is 12.1. The van der Waals surface area contributed by atoms with Crippen molar-refractivity contribution in [2.75, 3.05) is 19.7 Å². The molecule has 4 nitrogen and oxygen atoms in total. The molecular weight excluding hydrogens is 266 g/mol. The van der Waals surface area contributed by atoms with Crippen molar-refractivity contribution >= 4 is 5.91 Å². The van der Waals surface area contributed by atoms with Crippen molar-refractivity contribution < 1.29 is 14.6 Å². The van der Waals surface area contributed by atoms with E-state index >= 15 is 0 Å². The Morgan fingerprint density at radius 1 is 1.33 bits per heavy atom. The van der Waals surface area contributed by atoms with Crippen molar-refractivity contribution in [3.63, 3.8) is 0 Å². The van der Waals surface area contributed by atoms with Crippen LogP contribution in [-0.4, -0.2) is 41.7 Å². The molecule has 0 atom stereocenters. The highest BCUT2D eigenvalue weighted by molar-refractivity contribution is 5.77. The van der Waals surface area contributed by atoms with E-state index in [0.29, 0.717) is 25.9 Å². The number of likely N-dealkylation sites (tertiary alicyclic amines) is 1. The van der Waals surface area contributed by atoms with Gasteiger partial charge in [0.25, 0.3) is 5.91 Å². The van der Waals surface area contributed by atoms with Crippen LogP contribution < -0.4 is 4.74 Å². The van der Waals surface area contributed by atoms with Gasteiger partial charge in [-0.3, -0.25) is 4.79 Å². The number of carbonyl (C=O) groups is 1. The van der Waals surface area contributed by atoms with E-state index in [4.69, 9.17) is 4.74 Å². The number of carbonyl (C=O) groups excluding carboxylic acids is 1. The minimum absolute atomic E-state index is 0.0111. The van der Waals surface area contributed by atoms with Crippen molar-refractivity contribution in [1.29, 1.82) is 0 Å². The summed E-state index contributed by atoms with van der Waals surface area (Å²) in [5, 5.41) is 9.45. The first-order valence-corrected chi connectivity index (χ1v) is 7.55. The van der Waals surface area contributed by atoms with Gasteiger partial charge in [-0.05, 0) is 36.0 Å². The van der Waals surface area contributed by atoms with E-state index in [-0.39, 0.29) is 24.0 Å². The topological polar surface area (TPSA) is 49.8 Å². The first kappa shape index (κ1) is 15.8. The monoisotopic (exact) mass is 291 g/mol. The van der Waals surface area contributed by atoms with E-state index in [1.54, 1.807) is 4.90 Å². The number of hydrogen-bond donors (Lipinski definition) is 1. The van der Waals surface area contributed by atoms with Gasteiger partial charge in [-0.15, -0.1) is 0 Å². The van der Waals surface area contributed by atoms with E-state index in [2.05, 4.69) is 26.8 Å². The van der Waals surface area contributed by atoms with Crippen LogP contribution in [0.5, 0.6) is 5.75 Å². The van der Waals surface area contributed by atoms with Crippen LogP contribution in [0.1, 0.15) is 39.2 Å². The number of rotatable bonds is 3. The quantitative estimate of drug-likeness (QED) is 0.930. The van der Waals surface area contributed by atoms with Crippen molar-refractivity contribution in [2.24, 2.45) is 0 Å². The minimum atomic E-state index is -0.265. The lowest BCUT2D eigenvalue weighted by Gasteiger charge is -2.29. The Morgan fingerprint density at radius 3 is 2.62 bits per heavy atom. The van der Waals surface area contributed by atoms with Crippen LogP contribution in [0.3, 0.4) is 0 Å². The molecule has 1 amide bonds. The summed E-state index contributed by atoms with van der Waals surface area (Å²) in [6.45, 7) is 7.74. The molecule has 1 N–H and O–H groups in total. The van der Waals surface area contributed by atoms with E-state index in [0.717, 1.165) is 5.75 Å². The van der Waals surface area contributed by atoms with Crippen molar-refractivity contribution in [1.82, 2.24) is 4.90 Å². The summed E-state index contributed by atoms with van der Waals surface area (Å²) in [7, 11) is 0. The summed E-state index contributed by atoms with van der Waals surface area (Å²) < 4.78 is 5.63. The Morgan fingerprint density at radius 2 is 2.00 bits per heavy atom. The molecule has 0 unspecified atom stereocenters. The molecule has 0 aromatic heterocycles. The summed E-state index contributed by atoms with van der Waals surface area (Å²) in [5.74, 6) is 0.718. The summed E-state index contributed by atoms with van der Waals surface area (Å²) in [6.07, 6.45) is 1.05. The molecule has 1 aliphatic rings. The fraction of sp³-hybridized carbons (Fsp3) is 0.588. The Kier molecular flexibility index (Phi) is 4.88. The maximum Gasteiger partial charge on any atom is 0.260 e. The molecular formula is C17H25NO3. The van der Waals surface area contributed by atoms with Crippen LogP contribution in [-0.2, 0) is 10.2 Å². The van der Waals surface area contributed by atoms with Crippen LogP contribution in [0.4, 0.5) is 0 Å². The summed E-state index contributed by atoms with van der Waals surface area (Å²) in [4.78, 5) is 13.8. The van der Waals surface area contributed by atoms with Crippen LogP contribution in [0.2, 0.25) is 0 Å². The molecule has 2 rings (SSSR count). The highest BCUT2D eigenvalue weighted by atomic mass is 16.5. The van der Waals surface area contributed by atoms with Gasteiger partial charge in [0, 0.05) is 13.1 Å². The molecule has 4 heteroatoms. The second kappa shape index (κ2) is 6.48. The lowest BCUT2D eigenvalue weighted by Crippen LogP contribution is -2.42. The molecule has 1 aliphatic heterocycles. The lowest BCUT2D eigenvalue weighted by molar-refractivity contribution is -0.135. The SMILES string of the molecule is CC(C)(C)c1cccc(OCC(=O)N2CCC(O)CC2)c1. The third kappa shape index (κ3) is 4.46. The first-order chi connectivity index (χ1) is 9.86.